The Morgan fingerprint density at radius 2 is 2.00 bits per heavy atom. The topological polar surface area (TPSA) is 51.0 Å². The van der Waals surface area contributed by atoms with E-state index in [0.717, 1.165) is 33.0 Å². The van der Waals surface area contributed by atoms with Crippen LogP contribution in [0.4, 0.5) is 5.69 Å². The average molecular weight is 451 g/mol. The van der Waals surface area contributed by atoms with E-state index in [-0.39, 0.29) is 12.5 Å². The van der Waals surface area contributed by atoms with E-state index in [1.807, 2.05) is 73.0 Å². The van der Waals surface area contributed by atoms with E-state index in [1.54, 1.807) is 29.1 Å². The van der Waals surface area contributed by atoms with Gasteiger partial charge in [-0.25, -0.2) is 4.98 Å². The van der Waals surface area contributed by atoms with Gasteiger partial charge in [-0.05, 0) is 55.3 Å². The van der Waals surface area contributed by atoms with Crippen LogP contribution in [0.1, 0.15) is 18.1 Å². The van der Waals surface area contributed by atoms with Gasteiger partial charge in [0.15, 0.2) is 5.16 Å². The van der Waals surface area contributed by atoms with Gasteiger partial charge in [-0.3, -0.25) is 9.78 Å². The molecule has 2 aromatic heterocycles. The van der Waals surface area contributed by atoms with Crippen LogP contribution >= 0.6 is 23.4 Å². The van der Waals surface area contributed by atoms with Crippen LogP contribution in [0.3, 0.4) is 0 Å². The van der Waals surface area contributed by atoms with E-state index < -0.39 is 0 Å². The van der Waals surface area contributed by atoms with E-state index in [2.05, 4.69) is 4.98 Å². The number of imidazole rings is 1. The number of hydrogen-bond acceptors (Lipinski definition) is 4. The molecule has 0 aliphatic heterocycles. The molecule has 0 spiro atoms. The second-order valence-corrected chi connectivity index (χ2v) is 8.62. The number of likely N-dealkylation sites (N-methyl/N-ethyl adjacent to an activating group) is 1. The lowest BCUT2D eigenvalue weighted by molar-refractivity contribution is -0.119. The highest BCUT2D eigenvalue weighted by Crippen LogP contribution is 2.28. The Labute approximate surface area is 191 Å². The molecule has 0 N–H and O–H groups in total. The quantitative estimate of drug-likeness (QED) is 0.337. The van der Waals surface area contributed by atoms with Gasteiger partial charge in [-0.1, -0.05) is 47.6 Å². The number of carbonyl (C=O) groups is 1. The monoisotopic (exact) mass is 450 g/mol. The summed E-state index contributed by atoms with van der Waals surface area (Å²) in [6, 6.07) is 17.7. The molecule has 4 rings (SSSR count). The van der Waals surface area contributed by atoms with E-state index in [4.69, 9.17) is 16.6 Å². The highest BCUT2D eigenvalue weighted by Gasteiger charge is 2.19. The van der Waals surface area contributed by atoms with Crippen molar-refractivity contribution < 1.29 is 4.79 Å². The summed E-state index contributed by atoms with van der Waals surface area (Å²) in [5.41, 5.74) is 4.82. The molecule has 0 atom stereocenters. The van der Waals surface area contributed by atoms with Crippen LogP contribution in [-0.2, 0) is 17.1 Å². The molecule has 2 aromatic carbocycles. The molecule has 1 amide bonds. The molecule has 31 heavy (non-hydrogen) atoms. The van der Waals surface area contributed by atoms with Gasteiger partial charge in [0.05, 0.1) is 17.2 Å². The number of rotatable bonds is 7. The number of amides is 1. The van der Waals surface area contributed by atoms with E-state index in [9.17, 15) is 4.79 Å². The number of benzene rings is 2. The van der Waals surface area contributed by atoms with Crippen molar-refractivity contribution in [1.29, 1.82) is 0 Å². The molecule has 158 valence electrons. The van der Waals surface area contributed by atoms with E-state index >= 15 is 0 Å². The molecule has 0 saturated heterocycles. The van der Waals surface area contributed by atoms with E-state index in [1.165, 1.54) is 0 Å². The number of nitrogens with zero attached hydrogens (tertiary/aromatic N) is 4. The summed E-state index contributed by atoms with van der Waals surface area (Å²) in [4.78, 5) is 24.1. The standard InChI is InChI=1S/C24H23ClN4OS/c1-3-28(20-9-4-6-17(2)12-20)23(30)15-29-22-14-26-11-10-21(22)27-24(29)31-16-18-7-5-8-19(25)13-18/h4-14H,3,15-16H2,1-2H3. The number of aryl methyl sites for hydroxylation is 1. The Morgan fingerprint density at radius 1 is 1.16 bits per heavy atom. The van der Waals surface area contributed by atoms with Crippen LogP contribution in [0.15, 0.2) is 72.1 Å². The number of pyridine rings is 1. The van der Waals surface area contributed by atoms with Gasteiger partial charge in [-0.2, -0.15) is 0 Å². The first kappa shape index (κ1) is 21.4. The fourth-order valence-electron chi connectivity index (χ4n) is 3.50. The van der Waals surface area contributed by atoms with Gasteiger partial charge in [0.1, 0.15) is 6.54 Å². The summed E-state index contributed by atoms with van der Waals surface area (Å²) in [7, 11) is 0. The lowest BCUT2D eigenvalue weighted by atomic mass is 10.2. The highest BCUT2D eigenvalue weighted by atomic mass is 35.5. The minimum absolute atomic E-state index is 0.0147. The Morgan fingerprint density at radius 3 is 2.77 bits per heavy atom. The average Bonchev–Trinajstić information content (AvgIpc) is 3.10. The van der Waals surface area contributed by atoms with Crippen LogP contribution in [0, 0.1) is 6.92 Å². The first-order chi connectivity index (χ1) is 15.0. The first-order valence-corrected chi connectivity index (χ1v) is 11.5. The van der Waals surface area contributed by atoms with Crippen molar-refractivity contribution in [3.63, 3.8) is 0 Å². The van der Waals surface area contributed by atoms with E-state index in [0.29, 0.717) is 17.3 Å². The fourth-order valence-corrected chi connectivity index (χ4v) is 4.67. The van der Waals surface area contributed by atoms with Crippen molar-refractivity contribution in [2.45, 2.75) is 31.3 Å². The minimum Gasteiger partial charge on any atom is -0.311 e. The van der Waals surface area contributed by atoms with Crippen LogP contribution < -0.4 is 4.90 Å². The zero-order valence-electron chi connectivity index (χ0n) is 17.5. The van der Waals surface area contributed by atoms with Gasteiger partial charge in [-0.15, -0.1) is 0 Å². The molecule has 0 radical (unpaired) electrons. The van der Waals surface area contributed by atoms with Gasteiger partial charge in [0.2, 0.25) is 5.91 Å². The summed E-state index contributed by atoms with van der Waals surface area (Å²) >= 11 is 7.71. The molecule has 0 bridgehead atoms. The molecule has 2 heterocycles. The van der Waals surface area contributed by atoms with Crippen LogP contribution in [0.25, 0.3) is 11.0 Å². The smallest absolute Gasteiger partial charge is 0.247 e. The molecular weight excluding hydrogens is 428 g/mol. The lowest BCUT2D eigenvalue weighted by Gasteiger charge is -2.22. The number of fused-ring (bicyclic) bond motifs is 1. The zero-order chi connectivity index (χ0) is 21.8. The van der Waals surface area contributed by atoms with Crippen molar-refractivity contribution in [3.05, 3.63) is 83.1 Å². The first-order valence-electron chi connectivity index (χ1n) is 10.1. The molecule has 0 unspecified atom stereocenters. The minimum atomic E-state index is 0.0147. The third kappa shape index (κ3) is 4.92. The number of aromatic nitrogens is 3. The number of anilines is 1. The summed E-state index contributed by atoms with van der Waals surface area (Å²) in [6.07, 6.45) is 3.49. The normalized spacial score (nSPS) is 11.1. The maximum absolute atomic E-state index is 13.3. The predicted octanol–water partition coefficient (Wildman–Crippen LogP) is 5.74. The zero-order valence-corrected chi connectivity index (χ0v) is 19.0. The molecule has 4 aromatic rings. The third-order valence-electron chi connectivity index (χ3n) is 5.00. The predicted molar refractivity (Wildman–Crippen MR) is 128 cm³/mol. The summed E-state index contributed by atoms with van der Waals surface area (Å²) in [6.45, 7) is 4.81. The number of halogens is 1. The Bertz CT molecular complexity index is 1220. The van der Waals surface area contributed by atoms with Crippen molar-refractivity contribution in [2.75, 3.05) is 11.4 Å². The van der Waals surface area contributed by atoms with Crippen molar-refractivity contribution >= 4 is 46.0 Å². The molecule has 0 fully saturated rings. The van der Waals surface area contributed by atoms with Gasteiger partial charge >= 0.3 is 0 Å². The van der Waals surface area contributed by atoms with Crippen molar-refractivity contribution in [3.8, 4) is 0 Å². The summed E-state index contributed by atoms with van der Waals surface area (Å²) in [5.74, 6) is 0.724. The molecule has 7 heteroatoms. The van der Waals surface area contributed by atoms with Crippen LogP contribution in [-0.4, -0.2) is 27.0 Å². The number of carbonyl (C=O) groups excluding carboxylic acids is 1. The van der Waals surface area contributed by atoms with Crippen LogP contribution in [0.2, 0.25) is 5.02 Å². The highest BCUT2D eigenvalue weighted by molar-refractivity contribution is 7.98. The van der Waals surface area contributed by atoms with Crippen molar-refractivity contribution in [2.24, 2.45) is 0 Å². The van der Waals surface area contributed by atoms with Gasteiger partial charge in [0.25, 0.3) is 0 Å². The fraction of sp³-hybridized carbons (Fsp3) is 0.208. The summed E-state index contributed by atoms with van der Waals surface area (Å²) < 4.78 is 1.96. The van der Waals surface area contributed by atoms with Gasteiger partial charge < -0.3 is 9.47 Å². The Hall–Kier alpha value is -2.83. The number of hydrogen-bond donors (Lipinski definition) is 0. The molecule has 0 saturated carbocycles. The lowest BCUT2D eigenvalue weighted by Crippen LogP contribution is -2.33. The largest absolute Gasteiger partial charge is 0.311 e. The Kier molecular flexibility index (Phi) is 6.59. The van der Waals surface area contributed by atoms with Crippen molar-refractivity contribution in [1.82, 2.24) is 14.5 Å². The maximum Gasteiger partial charge on any atom is 0.247 e. The maximum atomic E-state index is 13.3. The molecular formula is C24H23ClN4OS. The van der Waals surface area contributed by atoms with Gasteiger partial charge in [0, 0.05) is 29.2 Å². The molecule has 0 aliphatic rings. The Balaban J connectivity index is 1.62. The number of thioether (sulfide) groups is 1. The summed E-state index contributed by atoms with van der Waals surface area (Å²) in [5, 5.41) is 1.50. The molecule has 0 aliphatic carbocycles. The van der Waals surface area contributed by atoms with Crippen LogP contribution in [0.5, 0.6) is 0 Å². The second kappa shape index (κ2) is 9.54. The molecule has 5 nitrogen and oxygen atoms in total. The second-order valence-electron chi connectivity index (χ2n) is 7.24. The SMILES string of the molecule is CCN(C(=O)Cn1c(SCc2cccc(Cl)c2)nc2ccncc21)c1cccc(C)c1. The third-order valence-corrected chi connectivity index (χ3v) is 6.28.